The number of aryl methyl sites for hydroxylation is 2. The molecule has 3 aromatic carbocycles. The number of anilines is 2. The maximum atomic E-state index is 13.2. The molecule has 0 fully saturated rings. The summed E-state index contributed by atoms with van der Waals surface area (Å²) < 4.78 is 27.7. The molecule has 0 saturated heterocycles. The van der Waals surface area contributed by atoms with Gasteiger partial charge in [-0.1, -0.05) is 56.3 Å². The number of carbonyl (C=O) groups excluding carboxylic acids is 1. The Bertz CT molecular complexity index is 1220. The van der Waals surface area contributed by atoms with Crippen molar-refractivity contribution in [2.45, 2.75) is 38.5 Å². The summed E-state index contributed by atoms with van der Waals surface area (Å²) in [6.45, 7) is 7.94. The van der Waals surface area contributed by atoms with E-state index in [1.807, 2.05) is 44.2 Å². The van der Waals surface area contributed by atoms with Crippen molar-refractivity contribution in [2.75, 3.05) is 16.7 Å². The Labute approximate surface area is 184 Å². The fraction of sp³-hybridized carbons (Fsp3) is 0.240. The topological polar surface area (TPSA) is 66.5 Å². The van der Waals surface area contributed by atoms with Crippen LogP contribution in [-0.4, -0.2) is 21.4 Å². The second kappa shape index (κ2) is 8.94. The Kier molecular flexibility index (Phi) is 6.51. The van der Waals surface area contributed by atoms with E-state index in [4.69, 9.17) is 0 Å². The summed E-state index contributed by atoms with van der Waals surface area (Å²) in [5.74, 6) is -0.100. The van der Waals surface area contributed by atoms with Gasteiger partial charge in [-0.2, -0.15) is 0 Å². The first-order chi connectivity index (χ1) is 14.6. The molecule has 3 rings (SSSR count). The van der Waals surface area contributed by atoms with Crippen molar-refractivity contribution in [3.05, 3.63) is 89.0 Å². The second-order valence-corrected chi connectivity index (χ2v) is 9.90. The van der Waals surface area contributed by atoms with Crippen LogP contribution in [0.5, 0.6) is 0 Å². The molecule has 0 heterocycles. The Balaban J connectivity index is 1.94. The van der Waals surface area contributed by atoms with E-state index < -0.39 is 10.0 Å². The number of benzene rings is 3. The number of hydrogen-bond acceptors (Lipinski definition) is 3. The molecule has 0 aliphatic carbocycles. The first-order valence-electron chi connectivity index (χ1n) is 10.2. The summed E-state index contributed by atoms with van der Waals surface area (Å²) in [7, 11) is -2.30. The Hall–Kier alpha value is -3.12. The average Bonchev–Trinajstić information content (AvgIpc) is 2.74. The van der Waals surface area contributed by atoms with E-state index in [2.05, 4.69) is 19.2 Å². The van der Waals surface area contributed by atoms with Crippen molar-refractivity contribution in [1.29, 1.82) is 0 Å². The fourth-order valence-corrected chi connectivity index (χ4v) is 4.84. The summed E-state index contributed by atoms with van der Waals surface area (Å²) in [6, 6.07) is 19.3. The van der Waals surface area contributed by atoms with E-state index in [0.717, 1.165) is 22.4 Å². The monoisotopic (exact) mass is 436 g/mol. The first kappa shape index (κ1) is 22.6. The highest BCUT2D eigenvalue weighted by Crippen LogP contribution is 2.29. The minimum absolute atomic E-state index is 0.0692. The van der Waals surface area contributed by atoms with Crippen LogP contribution in [0.25, 0.3) is 0 Å². The van der Waals surface area contributed by atoms with Gasteiger partial charge in [-0.05, 0) is 60.7 Å². The van der Waals surface area contributed by atoms with Crippen molar-refractivity contribution in [1.82, 2.24) is 0 Å². The van der Waals surface area contributed by atoms with Gasteiger partial charge in [-0.15, -0.1) is 0 Å². The normalized spacial score (nSPS) is 11.4. The smallest absolute Gasteiger partial charge is 0.264 e. The highest BCUT2D eigenvalue weighted by molar-refractivity contribution is 7.92. The zero-order valence-electron chi connectivity index (χ0n) is 18.5. The summed E-state index contributed by atoms with van der Waals surface area (Å²) in [6.07, 6.45) is 0. The van der Waals surface area contributed by atoms with Gasteiger partial charge in [0.05, 0.1) is 10.6 Å². The molecule has 0 radical (unpaired) electrons. The van der Waals surface area contributed by atoms with E-state index in [9.17, 15) is 13.2 Å². The number of carbonyl (C=O) groups is 1. The first-order valence-corrected chi connectivity index (χ1v) is 11.6. The lowest BCUT2D eigenvalue weighted by atomic mass is 9.98. The molecule has 162 valence electrons. The van der Waals surface area contributed by atoms with E-state index in [0.29, 0.717) is 5.69 Å². The zero-order valence-corrected chi connectivity index (χ0v) is 19.3. The second-order valence-electron chi connectivity index (χ2n) is 7.93. The van der Waals surface area contributed by atoms with Gasteiger partial charge >= 0.3 is 0 Å². The lowest BCUT2D eigenvalue weighted by molar-refractivity contribution is 0.102. The molecule has 5 nitrogen and oxygen atoms in total. The lowest BCUT2D eigenvalue weighted by Crippen LogP contribution is -2.27. The molecule has 0 aliphatic heterocycles. The number of nitrogens with one attached hydrogen (secondary N) is 1. The predicted molar refractivity (Wildman–Crippen MR) is 126 cm³/mol. The van der Waals surface area contributed by atoms with Crippen molar-refractivity contribution >= 4 is 27.3 Å². The molecule has 1 amide bonds. The SMILES string of the molecule is Cc1ccccc1N(C)S(=O)(=O)c1cccc(C(=O)Nc2c(C)cccc2C(C)C)c1. The predicted octanol–water partition coefficient (Wildman–Crippen LogP) is 5.50. The van der Waals surface area contributed by atoms with Crippen LogP contribution in [0.1, 0.15) is 46.8 Å². The van der Waals surface area contributed by atoms with Crippen molar-refractivity contribution in [2.24, 2.45) is 0 Å². The highest BCUT2D eigenvalue weighted by atomic mass is 32.2. The van der Waals surface area contributed by atoms with Crippen LogP contribution < -0.4 is 9.62 Å². The third-order valence-electron chi connectivity index (χ3n) is 5.37. The number of sulfonamides is 1. The third kappa shape index (κ3) is 4.64. The molecule has 3 aromatic rings. The summed E-state index contributed by atoms with van der Waals surface area (Å²) in [5.41, 5.74) is 4.51. The van der Waals surface area contributed by atoms with Gasteiger partial charge in [0.2, 0.25) is 0 Å². The Morgan fingerprint density at radius 2 is 1.55 bits per heavy atom. The number of nitrogens with zero attached hydrogens (tertiary/aromatic N) is 1. The zero-order chi connectivity index (χ0) is 22.8. The number of para-hydroxylation sites is 2. The van der Waals surface area contributed by atoms with Gasteiger partial charge < -0.3 is 5.32 Å². The summed E-state index contributed by atoms with van der Waals surface area (Å²) in [5, 5.41) is 2.98. The summed E-state index contributed by atoms with van der Waals surface area (Å²) in [4.78, 5) is 13.1. The molecule has 0 aromatic heterocycles. The molecule has 0 atom stereocenters. The van der Waals surface area contributed by atoms with Crippen LogP contribution in [0, 0.1) is 13.8 Å². The number of hydrogen-bond donors (Lipinski definition) is 1. The Morgan fingerprint density at radius 3 is 2.23 bits per heavy atom. The van der Waals surface area contributed by atoms with Crippen molar-refractivity contribution < 1.29 is 13.2 Å². The molecule has 0 aliphatic rings. The van der Waals surface area contributed by atoms with E-state index in [1.165, 1.54) is 23.5 Å². The molecular weight excluding hydrogens is 408 g/mol. The van der Waals surface area contributed by atoms with Gasteiger partial charge in [-0.25, -0.2) is 8.42 Å². The Morgan fingerprint density at radius 1 is 0.903 bits per heavy atom. The lowest BCUT2D eigenvalue weighted by Gasteiger charge is -2.21. The van der Waals surface area contributed by atoms with Crippen LogP contribution in [0.4, 0.5) is 11.4 Å². The van der Waals surface area contributed by atoms with Crippen LogP contribution in [0.15, 0.2) is 71.6 Å². The average molecular weight is 437 g/mol. The minimum atomic E-state index is -3.82. The highest BCUT2D eigenvalue weighted by Gasteiger charge is 2.23. The van der Waals surface area contributed by atoms with Crippen LogP contribution >= 0.6 is 0 Å². The van der Waals surface area contributed by atoms with Gasteiger partial charge in [0.15, 0.2) is 0 Å². The van der Waals surface area contributed by atoms with Gasteiger partial charge in [0.1, 0.15) is 0 Å². The molecule has 0 saturated carbocycles. The van der Waals surface area contributed by atoms with Gasteiger partial charge in [0, 0.05) is 18.3 Å². The van der Waals surface area contributed by atoms with E-state index >= 15 is 0 Å². The van der Waals surface area contributed by atoms with Crippen LogP contribution in [0.3, 0.4) is 0 Å². The van der Waals surface area contributed by atoms with E-state index in [-0.39, 0.29) is 22.3 Å². The summed E-state index contributed by atoms with van der Waals surface area (Å²) >= 11 is 0. The quantitative estimate of drug-likeness (QED) is 0.554. The number of amides is 1. The van der Waals surface area contributed by atoms with Crippen LogP contribution in [-0.2, 0) is 10.0 Å². The molecule has 6 heteroatoms. The standard InChI is InChI=1S/C25H28N2O3S/c1-17(2)22-14-8-11-19(4)24(22)26-25(28)20-12-9-13-21(16-20)31(29,30)27(5)23-15-7-6-10-18(23)3/h6-17H,1-5H3,(H,26,28). The third-order valence-corrected chi connectivity index (χ3v) is 7.14. The fourth-order valence-electron chi connectivity index (χ4n) is 3.53. The molecule has 1 N–H and O–H groups in total. The number of rotatable bonds is 6. The molecule has 0 bridgehead atoms. The van der Waals surface area contributed by atoms with E-state index in [1.54, 1.807) is 24.3 Å². The molecular formula is C25H28N2O3S. The molecule has 0 unspecified atom stereocenters. The maximum absolute atomic E-state index is 13.2. The van der Waals surface area contributed by atoms with Crippen molar-refractivity contribution in [3.63, 3.8) is 0 Å². The minimum Gasteiger partial charge on any atom is -0.321 e. The molecule has 0 spiro atoms. The van der Waals surface area contributed by atoms with Gasteiger partial charge in [0.25, 0.3) is 15.9 Å². The van der Waals surface area contributed by atoms with Gasteiger partial charge in [-0.3, -0.25) is 9.10 Å². The largest absolute Gasteiger partial charge is 0.321 e. The molecule has 31 heavy (non-hydrogen) atoms. The van der Waals surface area contributed by atoms with Crippen molar-refractivity contribution in [3.8, 4) is 0 Å². The van der Waals surface area contributed by atoms with Crippen LogP contribution in [0.2, 0.25) is 0 Å². The maximum Gasteiger partial charge on any atom is 0.264 e.